The van der Waals surface area contributed by atoms with Gasteiger partial charge in [-0.05, 0) is 6.92 Å². The van der Waals surface area contributed by atoms with Crippen molar-refractivity contribution in [2.45, 2.75) is 13.0 Å². The molecule has 0 aromatic carbocycles. The molecule has 1 fully saturated rings. The Morgan fingerprint density at radius 3 is 3.00 bits per heavy atom. The molecule has 1 heterocycles. The van der Waals surface area contributed by atoms with Gasteiger partial charge in [0.2, 0.25) is 0 Å². The molecule has 6 heteroatoms. The van der Waals surface area contributed by atoms with E-state index in [1.807, 2.05) is 6.07 Å². The lowest BCUT2D eigenvalue weighted by Crippen LogP contribution is -2.00. The Kier molecular flexibility index (Phi) is 2.31. The van der Waals surface area contributed by atoms with Crippen LogP contribution in [-0.2, 0) is 9.09 Å². The second-order valence-corrected chi connectivity index (χ2v) is 3.93. The van der Waals surface area contributed by atoms with Crippen molar-refractivity contribution in [2.24, 2.45) is 0 Å². The Balaban J connectivity index is 2.50. The Bertz CT molecular complexity index is 236. The zero-order chi connectivity index (χ0) is 8.48. The molecule has 1 aliphatic heterocycles. The van der Waals surface area contributed by atoms with E-state index in [-0.39, 0.29) is 6.61 Å². The third-order valence-electron chi connectivity index (χ3n) is 1.36. The van der Waals surface area contributed by atoms with E-state index in [1.165, 1.54) is 0 Å². The van der Waals surface area contributed by atoms with Crippen molar-refractivity contribution in [1.82, 2.24) is 4.67 Å². The van der Waals surface area contributed by atoms with E-state index < -0.39 is 13.8 Å². The van der Waals surface area contributed by atoms with Crippen molar-refractivity contribution in [1.29, 1.82) is 5.26 Å². The van der Waals surface area contributed by atoms with Crippen molar-refractivity contribution < 1.29 is 14.0 Å². The van der Waals surface area contributed by atoms with Gasteiger partial charge < -0.3 is 4.89 Å². The number of hydrogen-bond donors (Lipinski definition) is 1. The summed E-state index contributed by atoms with van der Waals surface area (Å²) in [6, 6.07) is 1.43. The predicted molar refractivity (Wildman–Crippen MR) is 37.6 cm³/mol. The summed E-state index contributed by atoms with van der Waals surface area (Å²) in [4.78, 5) is 9.06. The SMILES string of the molecule is CCOP(=O)(O)N1CC1C#N. The second kappa shape index (κ2) is 2.92. The first-order valence-corrected chi connectivity index (χ1v) is 4.79. The highest BCUT2D eigenvalue weighted by molar-refractivity contribution is 7.50. The first-order valence-electron chi connectivity index (χ1n) is 3.26. The van der Waals surface area contributed by atoms with E-state index in [9.17, 15) is 4.57 Å². The van der Waals surface area contributed by atoms with Gasteiger partial charge in [-0.15, -0.1) is 0 Å². The molecular formula is C5H9N2O3P. The van der Waals surface area contributed by atoms with Crippen LogP contribution in [0.25, 0.3) is 0 Å². The monoisotopic (exact) mass is 176 g/mol. The molecule has 1 saturated heterocycles. The first kappa shape index (κ1) is 8.69. The second-order valence-electron chi connectivity index (χ2n) is 2.18. The summed E-state index contributed by atoms with van der Waals surface area (Å²) in [6.07, 6.45) is 0. The molecule has 1 aliphatic rings. The first-order chi connectivity index (χ1) is 5.11. The van der Waals surface area contributed by atoms with E-state index in [1.54, 1.807) is 6.92 Å². The van der Waals surface area contributed by atoms with Crippen molar-refractivity contribution in [3.8, 4) is 6.07 Å². The van der Waals surface area contributed by atoms with E-state index >= 15 is 0 Å². The summed E-state index contributed by atoms with van der Waals surface area (Å²) >= 11 is 0. The largest absolute Gasteiger partial charge is 0.406 e. The van der Waals surface area contributed by atoms with Gasteiger partial charge in [0.05, 0.1) is 12.7 Å². The lowest BCUT2D eigenvalue weighted by atomic mass is 10.6. The van der Waals surface area contributed by atoms with Crippen LogP contribution >= 0.6 is 7.75 Å². The van der Waals surface area contributed by atoms with Crippen LogP contribution in [0.5, 0.6) is 0 Å². The predicted octanol–water partition coefficient (Wildman–Crippen LogP) is 0.331. The summed E-state index contributed by atoms with van der Waals surface area (Å²) in [6.45, 7) is 2.15. The molecule has 62 valence electrons. The van der Waals surface area contributed by atoms with Crippen LogP contribution in [0.2, 0.25) is 0 Å². The fourth-order valence-electron chi connectivity index (χ4n) is 0.759. The highest BCUT2D eigenvalue weighted by Crippen LogP contribution is 2.53. The summed E-state index contributed by atoms with van der Waals surface area (Å²) < 4.78 is 16.8. The highest BCUT2D eigenvalue weighted by atomic mass is 31.2. The van der Waals surface area contributed by atoms with Gasteiger partial charge in [0, 0.05) is 6.54 Å². The molecule has 0 radical (unpaired) electrons. The lowest BCUT2D eigenvalue weighted by molar-refractivity contribution is 0.247. The summed E-state index contributed by atoms with van der Waals surface area (Å²) in [5.41, 5.74) is 0. The Morgan fingerprint density at radius 2 is 2.64 bits per heavy atom. The molecule has 3 unspecified atom stereocenters. The van der Waals surface area contributed by atoms with Crippen molar-refractivity contribution >= 4 is 7.75 Å². The third kappa shape index (κ3) is 1.79. The van der Waals surface area contributed by atoms with E-state index in [0.717, 1.165) is 4.67 Å². The zero-order valence-electron chi connectivity index (χ0n) is 6.10. The number of nitrogens with zero attached hydrogens (tertiary/aromatic N) is 2. The minimum Gasteiger partial charge on any atom is -0.312 e. The average molecular weight is 176 g/mol. The Hall–Kier alpha value is -0.400. The maximum atomic E-state index is 11.1. The molecule has 5 nitrogen and oxygen atoms in total. The van der Waals surface area contributed by atoms with Crippen molar-refractivity contribution in [2.75, 3.05) is 13.2 Å². The van der Waals surface area contributed by atoms with Crippen molar-refractivity contribution in [3.63, 3.8) is 0 Å². The molecule has 0 aliphatic carbocycles. The molecule has 1 N–H and O–H groups in total. The molecule has 0 bridgehead atoms. The van der Waals surface area contributed by atoms with Crippen LogP contribution in [-0.4, -0.2) is 28.8 Å². The number of nitriles is 1. The molecule has 0 saturated carbocycles. The lowest BCUT2D eigenvalue weighted by Gasteiger charge is -2.09. The van der Waals surface area contributed by atoms with Crippen LogP contribution < -0.4 is 0 Å². The van der Waals surface area contributed by atoms with Crippen LogP contribution in [0, 0.1) is 11.3 Å². The summed E-state index contributed by atoms with van der Waals surface area (Å²) in [5.74, 6) is 0. The van der Waals surface area contributed by atoms with Gasteiger partial charge in [-0.2, -0.15) is 9.93 Å². The molecule has 1 rings (SSSR count). The Morgan fingerprint density at radius 1 is 2.00 bits per heavy atom. The normalized spacial score (nSPS) is 33.9. The number of hydrogen-bond acceptors (Lipinski definition) is 3. The van der Waals surface area contributed by atoms with E-state index in [4.69, 9.17) is 10.2 Å². The molecule has 0 spiro atoms. The van der Waals surface area contributed by atoms with Crippen molar-refractivity contribution in [3.05, 3.63) is 0 Å². The smallest absolute Gasteiger partial charge is 0.312 e. The molecule has 11 heavy (non-hydrogen) atoms. The van der Waals surface area contributed by atoms with Crippen LogP contribution in [0.15, 0.2) is 0 Å². The van der Waals surface area contributed by atoms with Gasteiger partial charge in [-0.25, -0.2) is 4.57 Å². The standard InChI is InChI=1S/C5H9N2O3P/c1-2-10-11(8,9)7-4-5(7)3-6/h5H,2,4H2,1H3,(H,8,9). The van der Waals surface area contributed by atoms with Gasteiger partial charge in [0.1, 0.15) is 6.04 Å². The zero-order valence-corrected chi connectivity index (χ0v) is 6.99. The van der Waals surface area contributed by atoms with Gasteiger partial charge in [0.15, 0.2) is 0 Å². The van der Waals surface area contributed by atoms with Crippen LogP contribution in [0.1, 0.15) is 6.92 Å². The van der Waals surface area contributed by atoms with E-state index in [0.29, 0.717) is 6.54 Å². The molecule has 0 aromatic heterocycles. The minimum absolute atomic E-state index is 0.183. The maximum absolute atomic E-state index is 11.1. The topological polar surface area (TPSA) is 73.3 Å². The number of rotatable bonds is 3. The van der Waals surface area contributed by atoms with E-state index in [2.05, 4.69) is 4.52 Å². The molecule has 3 atom stereocenters. The van der Waals surface area contributed by atoms with Gasteiger partial charge in [-0.1, -0.05) is 0 Å². The summed E-state index contributed by atoms with van der Waals surface area (Å²) in [5, 5.41) is 8.33. The summed E-state index contributed by atoms with van der Waals surface area (Å²) in [7, 11) is -3.62. The fourth-order valence-corrected chi connectivity index (χ4v) is 2.01. The quantitative estimate of drug-likeness (QED) is 0.495. The van der Waals surface area contributed by atoms with Crippen LogP contribution in [0.3, 0.4) is 0 Å². The highest BCUT2D eigenvalue weighted by Gasteiger charge is 2.48. The van der Waals surface area contributed by atoms with Gasteiger partial charge in [0.25, 0.3) is 0 Å². The molecule has 0 amide bonds. The van der Waals surface area contributed by atoms with Gasteiger partial charge in [-0.3, -0.25) is 4.52 Å². The average Bonchev–Trinajstić information content (AvgIpc) is 2.65. The molecular weight excluding hydrogens is 167 g/mol. The fraction of sp³-hybridized carbons (Fsp3) is 0.800. The van der Waals surface area contributed by atoms with Gasteiger partial charge >= 0.3 is 7.75 Å². The minimum atomic E-state index is -3.62. The maximum Gasteiger partial charge on any atom is 0.406 e. The molecule has 0 aromatic rings. The third-order valence-corrected chi connectivity index (χ3v) is 3.04. The van der Waals surface area contributed by atoms with Crippen LogP contribution in [0.4, 0.5) is 0 Å². The Labute approximate surface area is 64.8 Å².